The molecule has 1 aromatic carbocycles. The lowest BCUT2D eigenvalue weighted by atomic mass is 10.1. The van der Waals surface area contributed by atoms with Crippen molar-refractivity contribution in [3.8, 4) is 0 Å². The Morgan fingerprint density at radius 3 is 1.37 bits per heavy atom. The molecule has 1 aromatic rings. The molecule has 0 radical (unpaired) electrons. The molecule has 4 heteroatoms. The molecule has 0 bridgehead atoms. The molecular weight excluding hydrogens is 244 g/mol. The van der Waals surface area contributed by atoms with E-state index in [1.54, 1.807) is 12.1 Å². The minimum atomic E-state index is -0.550. The van der Waals surface area contributed by atoms with E-state index in [0.29, 0.717) is 0 Å². The fourth-order valence-corrected chi connectivity index (χ4v) is 1.06. The van der Waals surface area contributed by atoms with Crippen molar-refractivity contribution in [2.75, 3.05) is 14.2 Å². The number of esters is 2. The van der Waals surface area contributed by atoms with Crippen LogP contribution < -0.4 is 0 Å². The highest BCUT2D eigenvalue weighted by atomic mass is 16.5. The van der Waals surface area contributed by atoms with Gasteiger partial charge in [-0.15, -0.1) is 0 Å². The summed E-state index contributed by atoms with van der Waals surface area (Å²) >= 11 is 0. The molecule has 0 aromatic heterocycles. The van der Waals surface area contributed by atoms with Crippen molar-refractivity contribution in [3.05, 3.63) is 35.4 Å². The van der Waals surface area contributed by atoms with E-state index >= 15 is 0 Å². The third-order valence-electron chi connectivity index (χ3n) is 1.74. The van der Waals surface area contributed by atoms with Crippen LogP contribution >= 0.6 is 0 Å². The van der Waals surface area contributed by atoms with Gasteiger partial charge in [0, 0.05) is 0 Å². The maximum absolute atomic E-state index is 11.2. The number of hydrogen-bond acceptors (Lipinski definition) is 4. The maximum atomic E-state index is 11.2. The average molecular weight is 268 g/mol. The van der Waals surface area contributed by atoms with E-state index in [-0.39, 0.29) is 11.1 Å². The molecule has 0 spiro atoms. The molecule has 0 amide bonds. The second-order valence-electron chi connectivity index (χ2n) is 3.24. The summed E-state index contributed by atoms with van der Waals surface area (Å²) in [6.45, 7) is 8.25. The predicted octanol–water partition coefficient (Wildman–Crippen LogP) is 3.70. The van der Waals surface area contributed by atoms with Crippen molar-refractivity contribution in [3.63, 3.8) is 0 Å². The molecule has 0 saturated carbocycles. The molecule has 1 rings (SSSR count). The highest BCUT2D eigenvalue weighted by Crippen LogP contribution is 2.10. The van der Waals surface area contributed by atoms with E-state index in [1.807, 2.05) is 13.8 Å². The number of methoxy groups -OCH3 is 2. The summed E-state index contributed by atoms with van der Waals surface area (Å²) in [6.07, 6.45) is 1.25. The molecule has 4 nitrogen and oxygen atoms in total. The van der Waals surface area contributed by atoms with Crippen LogP contribution in [0.15, 0.2) is 24.3 Å². The zero-order valence-corrected chi connectivity index (χ0v) is 12.6. The minimum Gasteiger partial charge on any atom is -0.465 e. The molecule has 0 atom stereocenters. The van der Waals surface area contributed by atoms with Crippen LogP contribution in [0, 0.1) is 0 Å². The van der Waals surface area contributed by atoms with E-state index in [1.165, 1.54) is 32.8 Å². The van der Waals surface area contributed by atoms with Crippen LogP contribution in [0.1, 0.15) is 54.8 Å². The van der Waals surface area contributed by atoms with Gasteiger partial charge in [0.05, 0.1) is 25.3 Å². The minimum absolute atomic E-state index is 0.210. The van der Waals surface area contributed by atoms with E-state index in [0.717, 1.165) is 0 Å². The first-order valence-electron chi connectivity index (χ1n) is 6.37. The molecule has 0 N–H and O–H groups in total. The molecule has 19 heavy (non-hydrogen) atoms. The zero-order valence-electron chi connectivity index (χ0n) is 12.6. The fraction of sp³-hybridized carbons (Fsp3) is 0.467. The predicted molar refractivity (Wildman–Crippen MR) is 76.4 cm³/mol. The second kappa shape index (κ2) is 12.6. The molecular formula is C15H24O4. The van der Waals surface area contributed by atoms with Gasteiger partial charge in [-0.05, 0) is 12.1 Å². The summed E-state index contributed by atoms with van der Waals surface area (Å²) < 4.78 is 9.05. The van der Waals surface area contributed by atoms with Gasteiger partial charge < -0.3 is 9.47 Å². The number of rotatable bonds is 2. The largest absolute Gasteiger partial charge is 0.465 e. The standard InChI is InChI=1S/C10H10O4.C3H8.C2H6/c1-13-9(11)7-5-3-4-6-8(7)10(12)14-2;1-3-2;1-2/h3-6H,1-2H3;3H2,1-2H3;1-2H3. The molecule has 108 valence electrons. The van der Waals surface area contributed by atoms with Crippen molar-refractivity contribution in [2.45, 2.75) is 34.1 Å². The van der Waals surface area contributed by atoms with E-state index in [4.69, 9.17) is 0 Å². The van der Waals surface area contributed by atoms with Gasteiger partial charge in [0.1, 0.15) is 0 Å². The van der Waals surface area contributed by atoms with Gasteiger partial charge in [-0.25, -0.2) is 9.59 Å². The Morgan fingerprint density at radius 1 is 0.895 bits per heavy atom. The Labute approximate surface area is 115 Å². The monoisotopic (exact) mass is 268 g/mol. The van der Waals surface area contributed by atoms with Crippen molar-refractivity contribution >= 4 is 11.9 Å². The second-order valence-corrected chi connectivity index (χ2v) is 3.24. The zero-order chi connectivity index (χ0) is 15.3. The van der Waals surface area contributed by atoms with Crippen molar-refractivity contribution in [2.24, 2.45) is 0 Å². The Hall–Kier alpha value is -1.84. The first kappa shape index (κ1) is 19.5. The highest BCUT2D eigenvalue weighted by Gasteiger charge is 2.16. The summed E-state index contributed by atoms with van der Waals surface area (Å²) in [5, 5.41) is 0. The highest BCUT2D eigenvalue weighted by molar-refractivity contribution is 6.02. The number of carbonyl (C=O) groups is 2. The lowest BCUT2D eigenvalue weighted by molar-refractivity contribution is 0.0555. The summed E-state index contributed by atoms with van der Waals surface area (Å²) in [4.78, 5) is 22.4. The quantitative estimate of drug-likeness (QED) is 0.767. The topological polar surface area (TPSA) is 52.6 Å². The van der Waals surface area contributed by atoms with Gasteiger partial charge in [0.25, 0.3) is 0 Å². The van der Waals surface area contributed by atoms with Gasteiger partial charge >= 0.3 is 11.9 Å². The van der Waals surface area contributed by atoms with Crippen molar-refractivity contribution in [1.29, 1.82) is 0 Å². The molecule has 0 unspecified atom stereocenters. The van der Waals surface area contributed by atoms with Crippen molar-refractivity contribution < 1.29 is 19.1 Å². The van der Waals surface area contributed by atoms with Crippen LogP contribution in [0.4, 0.5) is 0 Å². The number of ether oxygens (including phenoxy) is 2. The molecule has 0 aliphatic rings. The summed E-state index contributed by atoms with van der Waals surface area (Å²) in [5.74, 6) is -1.10. The first-order chi connectivity index (χ1) is 9.12. The molecule has 0 saturated heterocycles. The Morgan fingerprint density at radius 2 is 1.16 bits per heavy atom. The van der Waals surface area contributed by atoms with E-state index in [9.17, 15) is 9.59 Å². The third kappa shape index (κ3) is 7.24. The normalized spacial score (nSPS) is 8.11. The van der Waals surface area contributed by atoms with Gasteiger partial charge in [-0.3, -0.25) is 0 Å². The number of carbonyl (C=O) groups excluding carboxylic acids is 2. The van der Waals surface area contributed by atoms with Gasteiger partial charge in [-0.1, -0.05) is 46.2 Å². The lowest BCUT2D eigenvalue weighted by Crippen LogP contribution is -2.11. The van der Waals surface area contributed by atoms with Crippen LogP contribution in [-0.2, 0) is 9.47 Å². The number of benzene rings is 1. The lowest BCUT2D eigenvalue weighted by Gasteiger charge is -2.04. The van der Waals surface area contributed by atoms with Gasteiger partial charge in [0.15, 0.2) is 0 Å². The average Bonchev–Trinajstić information content (AvgIpc) is 2.48. The Bertz CT molecular complexity index is 337. The Balaban J connectivity index is 0. The van der Waals surface area contributed by atoms with Crippen LogP contribution in [0.2, 0.25) is 0 Å². The van der Waals surface area contributed by atoms with E-state index < -0.39 is 11.9 Å². The smallest absolute Gasteiger partial charge is 0.338 e. The maximum Gasteiger partial charge on any atom is 0.338 e. The summed E-state index contributed by atoms with van der Waals surface area (Å²) in [6, 6.07) is 6.33. The van der Waals surface area contributed by atoms with Crippen LogP contribution in [0.5, 0.6) is 0 Å². The number of hydrogen-bond donors (Lipinski definition) is 0. The van der Waals surface area contributed by atoms with Crippen LogP contribution in [-0.4, -0.2) is 26.2 Å². The third-order valence-corrected chi connectivity index (χ3v) is 1.74. The molecule has 0 heterocycles. The molecule has 0 aliphatic heterocycles. The van der Waals surface area contributed by atoms with Gasteiger partial charge in [-0.2, -0.15) is 0 Å². The molecule has 0 aliphatic carbocycles. The first-order valence-corrected chi connectivity index (χ1v) is 6.37. The fourth-order valence-electron chi connectivity index (χ4n) is 1.06. The Kier molecular flexibility index (Phi) is 12.9. The van der Waals surface area contributed by atoms with Crippen LogP contribution in [0.25, 0.3) is 0 Å². The van der Waals surface area contributed by atoms with E-state index in [2.05, 4.69) is 23.3 Å². The van der Waals surface area contributed by atoms with Gasteiger partial charge in [0.2, 0.25) is 0 Å². The summed E-state index contributed by atoms with van der Waals surface area (Å²) in [5.41, 5.74) is 0.420. The summed E-state index contributed by atoms with van der Waals surface area (Å²) in [7, 11) is 2.52. The van der Waals surface area contributed by atoms with Crippen LogP contribution in [0.3, 0.4) is 0 Å². The van der Waals surface area contributed by atoms with Crippen molar-refractivity contribution in [1.82, 2.24) is 0 Å². The SMILES string of the molecule is CC.CCC.COC(=O)c1ccccc1C(=O)OC. The molecule has 0 fully saturated rings.